The van der Waals surface area contributed by atoms with Gasteiger partial charge in [0, 0.05) is 29.5 Å². The summed E-state index contributed by atoms with van der Waals surface area (Å²) in [6, 6.07) is 7.33. The van der Waals surface area contributed by atoms with E-state index in [2.05, 4.69) is 10.5 Å². The predicted molar refractivity (Wildman–Crippen MR) is 103 cm³/mol. The third kappa shape index (κ3) is 3.58. The normalized spacial score (nSPS) is 16.3. The van der Waals surface area contributed by atoms with Gasteiger partial charge in [-0.2, -0.15) is 0 Å². The highest BCUT2D eigenvalue weighted by molar-refractivity contribution is 6.54. The fourth-order valence-corrected chi connectivity index (χ4v) is 3.51. The van der Waals surface area contributed by atoms with E-state index in [1.54, 1.807) is 18.2 Å². The predicted octanol–water partition coefficient (Wildman–Crippen LogP) is 2.00. The topological polar surface area (TPSA) is 110 Å². The summed E-state index contributed by atoms with van der Waals surface area (Å²) >= 11 is 0. The van der Waals surface area contributed by atoms with Crippen LogP contribution in [0.25, 0.3) is 0 Å². The molecular weight excluding hydrogens is 397 g/mol. The Hall–Kier alpha value is -3.50. The van der Waals surface area contributed by atoms with Gasteiger partial charge in [-0.1, -0.05) is 5.16 Å². The van der Waals surface area contributed by atoms with Crippen molar-refractivity contribution in [2.45, 2.75) is 13.2 Å². The van der Waals surface area contributed by atoms with Crippen LogP contribution in [0.15, 0.2) is 35.5 Å². The molecule has 2 amide bonds. The van der Waals surface area contributed by atoms with Gasteiger partial charge in [0.15, 0.2) is 12.5 Å². The van der Waals surface area contributed by atoms with Crippen LogP contribution < -0.4 is 15.0 Å². The summed E-state index contributed by atoms with van der Waals surface area (Å²) in [5, 5.41) is 15.1. The molecule has 0 unspecified atom stereocenters. The maximum absolute atomic E-state index is 14.1. The molecule has 0 radical (unpaired) electrons. The second-order valence-corrected chi connectivity index (χ2v) is 6.72. The smallest absolute Gasteiger partial charge is 0.281 e. The van der Waals surface area contributed by atoms with Crippen molar-refractivity contribution in [3.8, 4) is 5.75 Å². The first kappa shape index (κ1) is 19.8. The molecule has 0 aliphatic carbocycles. The van der Waals surface area contributed by atoms with Crippen LogP contribution in [0.5, 0.6) is 5.75 Å². The number of carbonyl (C=O) groups excluding carboxylic acids is 2. The molecule has 0 fully saturated rings. The van der Waals surface area contributed by atoms with Crippen LogP contribution in [-0.2, 0) is 32.2 Å². The van der Waals surface area contributed by atoms with E-state index in [0.29, 0.717) is 33.8 Å². The monoisotopic (exact) mass is 415 g/mol. The molecule has 0 bridgehead atoms. The average Bonchev–Trinajstić information content (AvgIpc) is 2.98. The second-order valence-electron chi connectivity index (χ2n) is 6.72. The molecule has 0 atom stereocenters. The van der Waals surface area contributed by atoms with Gasteiger partial charge in [0.1, 0.15) is 18.2 Å². The standard InChI is InChI=1S/C20H18FN3O6/c1-28-9-17(25)22-14-2-3-15-16(6-14)24(20(26)18(15)23-27)7-11-4-13(21)5-12-8-29-10-30-19(11)12/h2-6,27H,7-10H2,1H3,(H,22,25)/b23-18-. The van der Waals surface area contributed by atoms with Crippen molar-refractivity contribution in [3.63, 3.8) is 0 Å². The number of nitrogens with zero attached hydrogens (tertiary/aromatic N) is 2. The van der Waals surface area contributed by atoms with E-state index in [1.165, 1.54) is 24.1 Å². The molecule has 0 spiro atoms. The molecule has 30 heavy (non-hydrogen) atoms. The van der Waals surface area contributed by atoms with Gasteiger partial charge in [-0.25, -0.2) is 4.39 Å². The zero-order valence-corrected chi connectivity index (χ0v) is 16.0. The Bertz CT molecular complexity index is 1060. The van der Waals surface area contributed by atoms with Crippen LogP contribution in [0.4, 0.5) is 15.8 Å². The van der Waals surface area contributed by atoms with Crippen molar-refractivity contribution in [2.24, 2.45) is 5.16 Å². The number of amides is 2. The zero-order valence-electron chi connectivity index (χ0n) is 16.0. The molecule has 4 rings (SSSR count). The van der Waals surface area contributed by atoms with Crippen LogP contribution in [0, 0.1) is 5.82 Å². The number of hydrogen-bond acceptors (Lipinski definition) is 7. The van der Waals surface area contributed by atoms with E-state index in [-0.39, 0.29) is 38.2 Å². The summed E-state index contributed by atoms with van der Waals surface area (Å²) < 4.78 is 29.6. The van der Waals surface area contributed by atoms with Gasteiger partial charge in [-0.15, -0.1) is 0 Å². The van der Waals surface area contributed by atoms with Crippen LogP contribution in [0.2, 0.25) is 0 Å². The van der Waals surface area contributed by atoms with Crippen molar-refractivity contribution in [1.29, 1.82) is 0 Å². The minimum atomic E-state index is -0.557. The number of anilines is 2. The van der Waals surface area contributed by atoms with Gasteiger partial charge in [-0.05, 0) is 30.3 Å². The number of hydrogen-bond donors (Lipinski definition) is 2. The van der Waals surface area contributed by atoms with Crippen LogP contribution in [0.1, 0.15) is 16.7 Å². The van der Waals surface area contributed by atoms with Gasteiger partial charge in [0.2, 0.25) is 5.91 Å². The third-order valence-electron chi connectivity index (χ3n) is 4.73. The van der Waals surface area contributed by atoms with Gasteiger partial charge < -0.3 is 29.6 Å². The Labute approximate surface area is 170 Å². The van der Waals surface area contributed by atoms with Crippen molar-refractivity contribution >= 4 is 28.9 Å². The first-order valence-electron chi connectivity index (χ1n) is 9.00. The van der Waals surface area contributed by atoms with Crippen molar-refractivity contribution in [2.75, 3.05) is 30.7 Å². The van der Waals surface area contributed by atoms with Crippen molar-refractivity contribution < 1.29 is 33.4 Å². The second kappa shape index (κ2) is 8.09. The Morgan fingerprint density at radius 1 is 1.37 bits per heavy atom. The lowest BCUT2D eigenvalue weighted by Gasteiger charge is -2.24. The van der Waals surface area contributed by atoms with Gasteiger partial charge in [0.25, 0.3) is 5.91 Å². The number of carbonyl (C=O) groups is 2. The Morgan fingerprint density at radius 3 is 2.97 bits per heavy atom. The largest absolute Gasteiger partial charge is 0.467 e. The number of methoxy groups -OCH3 is 1. The van der Waals surface area contributed by atoms with Crippen LogP contribution in [-0.4, -0.2) is 43.2 Å². The molecule has 2 N–H and O–H groups in total. The molecule has 9 nitrogen and oxygen atoms in total. The van der Waals surface area contributed by atoms with Crippen molar-refractivity contribution in [3.05, 3.63) is 52.8 Å². The molecule has 2 aromatic carbocycles. The maximum Gasteiger partial charge on any atom is 0.281 e. The minimum Gasteiger partial charge on any atom is -0.467 e. The average molecular weight is 415 g/mol. The molecule has 0 saturated heterocycles. The van der Waals surface area contributed by atoms with E-state index in [1.807, 2.05) is 0 Å². The number of ether oxygens (including phenoxy) is 3. The highest BCUT2D eigenvalue weighted by Gasteiger charge is 2.36. The molecule has 2 heterocycles. The van der Waals surface area contributed by atoms with Crippen LogP contribution in [0.3, 0.4) is 0 Å². The van der Waals surface area contributed by atoms with E-state index in [9.17, 15) is 19.2 Å². The Morgan fingerprint density at radius 2 is 2.20 bits per heavy atom. The molecule has 10 heteroatoms. The lowest BCUT2D eigenvalue weighted by molar-refractivity contribution is -0.119. The summed E-state index contributed by atoms with van der Waals surface area (Å²) in [4.78, 5) is 26.0. The van der Waals surface area contributed by atoms with E-state index in [4.69, 9.17) is 14.2 Å². The molecule has 2 aromatic rings. The zero-order chi connectivity index (χ0) is 21.3. The molecular formula is C20H18FN3O6. The number of halogens is 1. The molecule has 0 saturated carbocycles. The van der Waals surface area contributed by atoms with E-state index >= 15 is 0 Å². The summed E-state index contributed by atoms with van der Waals surface area (Å²) in [5.74, 6) is -0.952. The quantitative estimate of drug-likeness (QED) is 0.571. The van der Waals surface area contributed by atoms with E-state index < -0.39 is 11.7 Å². The number of fused-ring (bicyclic) bond motifs is 2. The maximum atomic E-state index is 14.1. The van der Waals surface area contributed by atoms with E-state index in [0.717, 1.165) is 0 Å². The minimum absolute atomic E-state index is 0.0230. The summed E-state index contributed by atoms with van der Waals surface area (Å²) in [6.07, 6.45) is 0. The van der Waals surface area contributed by atoms with Crippen molar-refractivity contribution in [1.82, 2.24) is 0 Å². The lowest BCUT2D eigenvalue weighted by Crippen LogP contribution is -2.30. The Balaban J connectivity index is 1.71. The molecule has 0 aromatic heterocycles. The molecule has 156 valence electrons. The molecule has 2 aliphatic rings. The third-order valence-corrected chi connectivity index (χ3v) is 4.73. The fraction of sp³-hybridized carbons (Fsp3) is 0.250. The van der Waals surface area contributed by atoms with Gasteiger partial charge >= 0.3 is 0 Å². The molecule has 2 aliphatic heterocycles. The number of nitrogens with one attached hydrogen (secondary N) is 1. The highest BCUT2D eigenvalue weighted by atomic mass is 19.1. The summed E-state index contributed by atoms with van der Waals surface area (Å²) in [7, 11) is 1.40. The van der Waals surface area contributed by atoms with Crippen LogP contribution >= 0.6 is 0 Å². The number of oxime groups is 1. The first-order valence-corrected chi connectivity index (χ1v) is 9.00. The fourth-order valence-electron chi connectivity index (χ4n) is 3.51. The summed E-state index contributed by atoms with van der Waals surface area (Å²) in [5.41, 5.74) is 2.07. The highest BCUT2D eigenvalue weighted by Crippen LogP contribution is 2.36. The number of benzene rings is 2. The SMILES string of the molecule is COCC(=O)Nc1ccc2c(c1)N(Cc1cc(F)cc3c1OCOC3)C(=O)/C2=N\O. The summed E-state index contributed by atoms with van der Waals surface area (Å²) in [6.45, 7) is 0.0666. The first-order chi connectivity index (χ1) is 14.5. The van der Waals surface area contributed by atoms with Gasteiger partial charge in [0.05, 0.1) is 18.8 Å². The lowest BCUT2D eigenvalue weighted by atomic mass is 10.1. The Kier molecular flexibility index (Phi) is 5.34. The number of rotatable bonds is 5. The van der Waals surface area contributed by atoms with Gasteiger partial charge in [-0.3, -0.25) is 9.59 Å².